The number of carbonyl (C=O) groups is 2. The van der Waals surface area contributed by atoms with Crippen molar-refractivity contribution < 1.29 is 75.5 Å². The molecule has 0 spiro atoms. The van der Waals surface area contributed by atoms with Gasteiger partial charge in [-0.3, -0.25) is 14.1 Å². The number of amides is 2. The van der Waals surface area contributed by atoms with Gasteiger partial charge >= 0.3 is 30.6 Å². The molecule has 8 N–H and O–H groups in total. The van der Waals surface area contributed by atoms with E-state index in [-0.39, 0.29) is 46.4 Å². The van der Waals surface area contributed by atoms with E-state index in [1.807, 2.05) is 13.8 Å². The van der Waals surface area contributed by atoms with Crippen molar-refractivity contribution in [3.05, 3.63) is 29.8 Å². The molecule has 0 radical (unpaired) electrons. The van der Waals surface area contributed by atoms with Crippen LogP contribution in [0.3, 0.4) is 0 Å². The van der Waals surface area contributed by atoms with E-state index >= 15 is 0 Å². The highest BCUT2D eigenvalue weighted by molar-refractivity contribution is 8.77. The van der Waals surface area contributed by atoms with Crippen molar-refractivity contribution in [1.29, 1.82) is 0 Å². The van der Waals surface area contributed by atoms with E-state index in [1.165, 1.54) is 58.7 Å². The van der Waals surface area contributed by atoms with E-state index in [9.17, 15) is 43.1 Å². The molecule has 2 amide bonds. The fraction of sp³-hybridized carbons (Fsp3) is 0.742. The van der Waals surface area contributed by atoms with E-state index in [4.69, 9.17) is 23.8 Å². The second-order valence-corrected chi connectivity index (χ2v) is 21.4. The van der Waals surface area contributed by atoms with Crippen molar-refractivity contribution in [1.82, 2.24) is 10.6 Å². The van der Waals surface area contributed by atoms with E-state index < -0.39 is 49.4 Å². The van der Waals surface area contributed by atoms with Gasteiger partial charge in [0.25, 0.3) is 5.91 Å². The predicted molar refractivity (Wildman–Crippen MR) is 208 cm³/mol. The lowest BCUT2D eigenvalue weighted by Gasteiger charge is -2.25. The first-order chi connectivity index (χ1) is 25.7. The summed E-state index contributed by atoms with van der Waals surface area (Å²) in [5.74, 6) is 0.000226. The molecular weight excluding hydrogens is 824 g/mol. The summed E-state index contributed by atoms with van der Waals surface area (Å²) in [4.78, 5) is 61.9. The van der Waals surface area contributed by atoms with Gasteiger partial charge in [0.05, 0.1) is 18.8 Å². The van der Waals surface area contributed by atoms with Crippen LogP contribution in [0.4, 0.5) is 0 Å². The molecule has 1 aromatic carbocycles. The third-order valence-electron chi connectivity index (χ3n) is 8.89. The number of rotatable bonds is 22. The number of hydrogen-bond donors (Lipinski definition) is 8. The van der Waals surface area contributed by atoms with Crippen molar-refractivity contribution in [2.75, 3.05) is 25.6 Å². The highest BCUT2D eigenvalue weighted by atomic mass is 33.1. The Kier molecular flexibility index (Phi) is 20.4. The standard InChI is InChI=1S/C31H54BN2O16P3S2/c1-31(2,21-34-29(35)13-9-10-18-33-30(36)24-14-16-25(17-15-24)32(37)38)55-54-22-46-27-19-26(23-11-7-5-3-4-6-8-12-23)48-28(27)20-47-52(42,43)50-53(44,45)49-51(39,40)41/h14-17,23,26-28,37-38H,3-13,18-22H2,1-2H3,(H,33,36)(H,34,35)(H,42,43)(H,44,45)(H2,39,40,41)/t26-,27?,28-/m1/s1. The fourth-order valence-corrected chi connectivity index (χ4v) is 11.3. The number of unbranched alkanes of at least 4 members (excludes halogenated alkanes) is 1. The zero-order valence-corrected chi connectivity index (χ0v) is 35.3. The van der Waals surface area contributed by atoms with Gasteiger partial charge in [0.1, 0.15) is 12.0 Å². The van der Waals surface area contributed by atoms with Gasteiger partial charge in [-0.25, -0.2) is 13.7 Å². The second-order valence-electron chi connectivity index (χ2n) is 14.1. The molecule has 0 aromatic heterocycles. The van der Waals surface area contributed by atoms with Crippen LogP contribution in [0.25, 0.3) is 0 Å². The Hall–Kier alpha value is -0.825. The molecule has 1 aromatic rings. The Morgan fingerprint density at radius 1 is 0.909 bits per heavy atom. The van der Waals surface area contributed by atoms with Crippen molar-refractivity contribution in [3.63, 3.8) is 0 Å². The molecule has 5 atom stereocenters. The Balaban J connectivity index is 1.42. The predicted octanol–water partition coefficient (Wildman–Crippen LogP) is 4.14. The summed E-state index contributed by atoms with van der Waals surface area (Å²) >= 11 is 0. The van der Waals surface area contributed by atoms with E-state index in [1.54, 1.807) is 0 Å². The third kappa shape index (κ3) is 19.7. The van der Waals surface area contributed by atoms with Crippen LogP contribution in [0.2, 0.25) is 0 Å². The molecule has 2 aliphatic rings. The first-order valence-electron chi connectivity index (χ1n) is 18.1. The Morgan fingerprint density at radius 3 is 2.16 bits per heavy atom. The summed E-state index contributed by atoms with van der Waals surface area (Å²) < 4.78 is 59.9. The highest BCUT2D eigenvalue weighted by Gasteiger charge is 2.44. The van der Waals surface area contributed by atoms with Crippen LogP contribution in [0.1, 0.15) is 101 Å². The topological polar surface area (TPSA) is 277 Å². The van der Waals surface area contributed by atoms with Gasteiger partial charge in [-0.15, -0.1) is 0 Å². The zero-order valence-electron chi connectivity index (χ0n) is 30.9. The number of phosphoric acid groups is 3. The minimum atomic E-state index is -5.67. The molecule has 18 nitrogen and oxygen atoms in total. The maximum absolute atomic E-state index is 12.5. The van der Waals surface area contributed by atoms with Crippen LogP contribution in [0.15, 0.2) is 24.3 Å². The van der Waals surface area contributed by atoms with Gasteiger partial charge in [-0.05, 0) is 63.0 Å². The molecule has 314 valence electrons. The molecule has 0 bridgehead atoms. The number of hydrogen-bond acceptors (Lipinski definition) is 14. The zero-order chi connectivity index (χ0) is 40.7. The SMILES string of the molecule is CC(C)(CNC(=O)CCCCNC(=O)c1ccc(B(O)O)cc1)SSCOC1C[C@H](C2CCCCCCCC2)O[C@@H]1COP(=O)(O)OP(=O)(O)OP(=O)(O)O. The number of ether oxygens (including phenoxy) is 2. The molecule has 2 fully saturated rings. The van der Waals surface area contributed by atoms with Gasteiger partial charge in [0, 0.05) is 36.2 Å². The number of phosphoric ester groups is 1. The number of carbonyl (C=O) groups excluding carboxylic acids is 2. The van der Waals surface area contributed by atoms with Crippen LogP contribution in [-0.2, 0) is 41.1 Å². The summed E-state index contributed by atoms with van der Waals surface area (Å²) in [6.07, 6.45) is 8.87. The lowest BCUT2D eigenvalue weighted by Crippen LogP contribution is -2.36. The highest BCUT2D eigenvalue weighted by Crippen LogP contribution is 2.66. The quantitative estimate of drug-likeness (QED) is 0.0267. The molecule has 1 saturated heterocycles. The van der Waals surface area contributed by atoms with Gasteiger partial charge in [0.2, 0.25) is 5.91 Å². The first kappa shape index (κ1) is 48.5. The first-order valence-corrected chi connectivity index (χ1v) is 25.0. The third-order valence-corrected chi connectivity index (χ3v) is 15.6. The van der Waals surface area contributed by atoms with Crippen molar-refractivity contribution in [3.8, 4) is 0 Å². The van der Waals surface area contributed by atoms with Crippen molar-refractivity contribution >= 4 is 69.5 Å². The van der Waals surface area contributed by atoms with Crippen molar-refractivity contribution in [2.24, 2.45) is 5.92 Å². The normalized spacial score (nSPS) is 22.4. The molecule has 1 aliphatic carbocycles. The molecular formula is C31H54BN2O16P3S2. The summed E-state index contributed by atoms with van der Waals surface area (Å²) in [5.41, 5.74) is 0.669. The summed E-state index contributed by atoms with van der Waals surface area (Å²) in [6.45, 7) is 4.10. The maximum atomic E-state index is 12.5. The maximum Gasteiger partial charge on any atom is 0.490 e. The Labute approximate surface area is 329 Å². The molecule has 55 heavy (non-hydrogen) atoms. The van der Waals surface area contributed by atoms with E-state index in [2.05, 4.69) is 19.3 Å². The molecule has 3 unspecified atom stereocenters. The van der Waals surface area contributed by atoms with Crippen LogP contribution in [-0.4, -0.2) is 97.2 Å². The number of benzene rings is 1. The average Bonchev–Trinajstić information content (AvgIpc) is 3.54. The molecule has 24 heteroatoms. The van der Waals surface area contributed by atoms with E-state index in [0.29, 0.717) is 37.9 Å². The fourth-order valence-electron chi connectivity index (χ4n) is 6.13. The molecule has 1 heterocycles. The summed E-state index contributed by atoms with van der Waals surface area (Å²) in [7, 11) is -15.2. The van der Waals surface area contributed by atoms with E-state index in [0.717, 1.165) is 38.5 Å². The average molecular weight is 879 g/mol. The summed E-state index contributed by atoms with van der Waals surface area (Å²) in [5, 5.41) is 24.1. The van der Waals surface area contributed by atoms with Gasteiger partial charge in [0.15, 0.2) is 0 Å². The van der Waals surface area contributed by atoms with Gasteiger partial charge < -0.3 is 49.7 Å². The largest absolute Gasteiger partial charge is 0.490 e. The van der Waals surface area contributed by atoms with Gasteiger partial charge in [-0.1, -0.05) is 72.2 Å². The second kappa shape index (κ2) is 23.1. The van der Waals surface area contributed by atoms with Gasteiger partial charge in [-0.2, -0.15) is 8.62 Å². The Bertz CT molecular complexity index is 1500. The molecule has 1 aliphatic heterocycles. The monoisotopic (exact) mass is 878 g/mol. The summed E-state index contributed by atoms with van der Waals surface area (Å²) in [6, 6.07) is 5.92. The minimum absolute atomic E-state index is 0.127. The lowest BCUT2D eigenvalue weighted by molar-refractivity contribution is -0.121. The van der Waals surface area contributed by atoms with Crippen LogP contribution in [0.5, 0.6) is 0 Å². The Morgan fingerprint density at radius 2 is 1.55 bits per heavy atom. The molecule has 1 saturated carbocycles. The van der Waals surface area contributed by atoms with Crippen LogP contribution in [0, 0.1) is 5.92 Å². The molecule has 3 rings (SSSR count). The lowest BCUT2D eigenvalue weighted by atomic mass is 9.80. The van der Waals surface area contributed by atoms with Crippen molar-refractivity contribution in [2.45, 2.75) is 114 Å². The van der Waals surface area contributed by atoms with Crippen LogP contribution >= 0.6 is 45.1 Å². The smallest absolute Gasteiger partial charge is 0.423 e. The number of nitrogens with one attached hydrogen (secondary N) is 2. The minimum Gasteiger partial charge on any atom is -0.423 e. The van der Waals surface area contributed by atoms with Crippen LogP contribution < -0.4 is 16.1 Å².